The van der Waals surface area contributed by atoms with E-state index in [1.165, 1.54) is 0 Å². The molecule has 3 heteroatoms. The molecule has 1 unspecified atom stereocenters. The lowest BCUT2D eigenvalue weighted by atomic mass is 10.3. The quantitative estimate of drug-likeness (QED) is 0.581. The Morgan fingerprint density at radius 2 is 1.62 bits per heavy atom. The molecule has 1 N–H and O–H groups in total. The van der Waals surface area contributed by atoms with Crippen molar-refractivity contribution >= 4 is 23.2 Å². The van der Waals surface area contributed by atoms with Crippen LogP contribution in [-0.2, 0) is 0 Å². The van der Waals surface area contributed by atoms with Gasteiger partial charge in [0.05, 0.1) is 11.4 Å². The fourth-order valence-electron chi connectivity index (χ4n) is 0. The maximum absolute atomic E-state index is 8.36. The van der Waals surface area contributed by atoms with Crippen molar-refractivity contribution in [3.63, 3.8) is 0 Å². The number of halogens is 2. The zero-order valence-electron chi connectivity index (χ0n) is 5.19. The maximum atomic E-state index is 8.36. The van der Waals surface area contributed by atoms with Gasteiger partial charge in [0, 0.05) is 0 Å². The van der Waals surface area contributed by atoms with Crippen LogP contribution in [0.3, 0.4) is 0 Å². The molecule has 0 aliphatic heterocycles. The van der Waals surface area contributed by atoms with Gasteiger partial charge in [-0.2, -0.15) is 0 Å². The predicted octanol–water partition coefficient (Wildman–Crippen LogP) is 2.20. The first-order valence-corrected chi connectivity index (χ1v) is 3.55. The van der Waals surface area contributed by atoms with Crippen molar-refractivity contribution in [3.8, 4) is 0 Å². The molecular formula is C5H12Cl2O. The number of aliphatic hydroxyl groups is 1. The van der Waals surface area contributed by atoms with Gasteiger partial charge in [-0.05, 0) is 13.3 Å². The summed E-state index contributed by atoms with van der Waals surface area (Å²) in [6.07, 6.45) is 0.745. The van der Waals surface area contributed by atoms with E-state index in [9.17, 15) is 0 Å². The lowest BCUT2D eigenvalue weighted by Gasteiger charge is -1.90. The van der Waals surface area contributed by atoms with Crippen LogP contribution in [0, 0.1) is 0 Å². The summed E-state index contributed by atoms with van der Waals surface area (Å²) in [6, 6.07) is 0. The van der Waals surface area contributed by atoms with Crippen molar-refractivity contribution in [2.45, 2.75) is 26.4 Å². The normalized spacial score (nSPS) is 11.6. The molecule has 0 aliphatic rings. The fraction of sp³-hybridized carbons (Fsp3) is 1.00. The molecular weight excluding hydrogens is 147 g/mol. The van der Waals surface area contributed by atoms with E-state index in [1.54, 1.807) is 6.92 Å². The number of alkyl halides is 2. The van der Waals surface area contributed by atoms with Crippen LogP contribution < -0.4 is 0 Å². The summed E-state index contributed by atoms with van der Waals surface area (Å²) in [5, 5.41) is 8.56. The molecule has 8 heavy (non-hydrogen) atoms. The third-order valence-electron chi connectivity index (χ3n) is 0.591. The number of hydrogen-bond donors (Lipinski definition) is 1. The number of aliphatic hydroxyl groups excluding tert-OH is 1. The predicted molar refractivity (Wildman–Crippen MR) is 38.5 cm³/mol. The van der Waals surface area contributed by atoms with Crippen LogP contribution in [0.4, 0.5) is 0 Å². The van der Waals surface area contributed by atoms with Crippen molar-refractivity contribution in [2.75, 3.05) is 5.34 Å². The monoisotopic (exact) mass is 158 g/mol. The van der Waals surface area contributed by atoms with Crippen LogP contribution in [0.2, 0.25) is 0 Å². The van der Waals surface area contributed by atoms with Crippen LogP contribution in [0.15, 0.2) is 0 Å². The summed E-state index contributed by atoms with van der Waals surface area (Å²) >= 11 is 9.53. The molecule has 0 amide bonds. The van der Waals surface area contributed by atoms with Crippen molar-refractivity contribution in [1.29, 1.82) is 0 Å². The van der Waals surface area contributed by atoms with Crippen LogP contribution in [0.5, 0.6) is 0 Å². The highest BCUT2D eigenvalue weighted by molar-refractivity contribution is 6.40. The van der Waals surface area contributed by atoms with Gasteiger partial charge in [0.25, 0.3) is 0 Å². The third-order valence-corrected chi connectivity index (χ3v) is 0.591. The molecule has 0 rings (SSSR count). The van der Waals surface area contributed by atoms with Crippen molar-refractivity contribution < 1.29 is 5.11 Å². The van der Waals surface area contributed by atoms with Crippen molar-refractivity contribution in [3.05, 3.63) is 0 Å². The van der Waals surface area contributed by atoms with Gasteiger partial charge in [0.1, 0.15) is 0 Å². The second-order valence-corrected chi connectivity index (χ2v) is 2.17. The summed E-state index contributed by atoms with van der Waals surface area (Å²) in [7, 11) is 0. The highest BCUT2D eigenvalue weighted by atomic mass is 35.5. The first kappa shape index (κ1) is 11.4. The molecule has 0 aromatic heterocycles. The third kappa shape index (κ3) is 31.1. The molecule has 1 atom stereocenters. The first-order chi connectivity index (χ1) is 3.68. The summed E-state index contributed by atoms with van der Waals surface area (Å²) in [6.45, 7) is 3.73. The SMILES string of the molecule is CCC(C)O.ClCCl. The molecule has 0 aliphatic carbocycles. The Hall–Kier alpha value is 0.540. The summed E-state index contributed by atoms with van der Waals surface area (Å²) in [4.78, 5) is 0. The molecule has 0 fully saturated rings. The van der Waals surface area contributed by atoms with E-state index >= 15 is 0 Å². The van der Waals surface area contributed by atoms with Gasteiger partial charge < -0.3 is 5.11 Å². The van der Waals surface area contributed by atoms with Crippen LogP contribution in [0.1, 0.15) is 20.3 Å². The molecule has 0 spiro atoms. The minimum Gasteiger partial charge on any atom is -0.393 e. The Balaban J connectivity index is 0. The van der Waals surface area contributed by atoms with E-state index in [0.717, 1.165) is 6.42 Å². The highest BCUT2D eigenvalue weighted by Gasteiger charge is 1.81. The van der Waals surface area contributed by atoms with E-state index in [-0.39, 0.29) is 11.4 Å². The van der Waals surface area contributed by atoms with Crippen molar-refractivity contribution in [1.82, 2.24) is 0 Å². The standard InChI is InChI=1S/C4H10O.CH2Cl2/c1-3-4(2)5;2-1-3/h4-5H,3H2,1-2H3;1H2. The number of hydrogen-bond acceptors (Lipinski definition) is 1. The van der Waals surface area contributed by atoms with Gasteiger partial charge in [-0.1, -0.05) is 6.92 Å². The molecule has 0 radical (unpaired) electrons. The van der Waals surface area contributed by atoms with Gasteiger partial charge in [-0.3, -0.25) is 0 Å². The zero-order chi connectivity index (χ0) is 6.99. The topological polar surface area (TPSA) is 20.2 Å². The average molecular weight is 159 g/mol. The lowest BCUT2D eigenvalue weighted by Crippen LogP contribution is -1.93. The zero-order valence-corrected chi connectivity index (χ0v) is 6.71. The van der Waals surface area contributed by atoms with Gasteiger partial charge in [-0.15, -0.1) is 23.2 Å². The Morgan fingerprint density at radius 1 is 1.50 bits per heavy atom. The number of rotatable bonds is 1. The van der Waals surface area contributed by atoms with Gasteiger partial charge >= 0.3 is 0 Å². The van der Waals surface area contributed by atoms with Crippen LogP contribution >= 0.6 is 23.2 Å². The summed E-state index contributed by atoms with van der Waals surface area (Å²) < 4.78 is 0. The molecule has 0 aromatic rings. The van der Waals surface area contributed by atoms with E-state index < -0.39 is 0 Å². The Bertz CT molecular complexity index is 31.6. The maximum Gasteiger partial charge on any atom is 0.0967 e. The van der Waals surface area contributed by atoms with Crippen LogP contribution in [0.25, 0.3) is 0 Å². The minimum absolute atomic E-state index is 0.116. The lowest BCUT2D eigenvalue weighted by molar-refractivity contribution is 0.191. The molecule has 52 valence electrons. The Morgan fingerprint density at radius 3 is 1.62 bits per heavy atom. The summed E-state index contributed by atoms with van der Waals surface area (Å²) in [5.41, 5.74) is 0. The first-order valence-electron chi connectivity index (χ1n) is 2.49. The second kappa shape index (κ2) is 10.5. The Kier molecular flexibility index (Phi) is 14.9. The largest absolute Gasteiger partial charge is 0.393 e. The van der Waals surface area contributed by atoms with Crippen LogP contribution in [-0.4, -0.2) is 16.5 Å². The molecule has 1 nitrogen and oxygen atoms in total. The fourth-order valence-corrected chi connectivity index (χ4v) is 0. The van der Waals surface area contributed by atoms with E-state index in [0.29, 0.717) is 0 Å². The molecule has 0 saturated carbocycles. The van der Waals surface area contributed by atoms with Gasteiger partial charge in [0.15, 0.2) is 0 Å². The second-order valence-electron chi connectivity index (χ2n) is 1.36. The summed E-state index contributed by atoms with van der Waals surface area (Å²) in [5.74, 6) is 0. The minimum atomic E-state index is -0.116. The molecule has 0 saturated heterocycles. The van der Waals surface area contributed by atoms with E-state index in [1.807, 2.05) is 6.92 Å². The molecule has 0 heterocycles. The van der Waals surface area contributed by atoms with Crippen molar-refractivity contribution in [2.24, 2.45) is 0 Å². The Labute approximate surface area is 60.6 Å². The van der Waals surface area contributed by atoms with Gasteiger partial charge in [0.2, 0.25) is 0 Å². The molecule has 0 bridgehead atoms. The van der Waals surface area contributed by atoms with Gasteiger partial charge in [-0.25, -0.2) is 0 Å². The van der Waals surface area contributed by atoms with E-state index in [2.05, 4.69) is 0 Å². The van der Waals surface area contributed by atoms with E-state index in [4.69, 9.17) is 28.3 Å². The average Bonchev–Trinajstić information content (AvgIpc) is 1.69. The highest BCUT2D eigenvalue weighted by Crippen LogP contribution is 1.81. The molecule has 0 aromatic carbocycles. The smallest absolute Gasteiger partial charge is 0.0967 e.